The molecule has 0 spiro atoms. The highest BCUT2D eigenvalue weighted by Crippen LogP contribution is 2.34. The molecule has 0 amide bonds. The molecule has 0 radical (unpaired) electrons. The second kappa shape index (κ2) is 6.71. The minimum atomic E-state index is -4.66. The number of halogens is 3. The van der Waals surface area contributed by atoms with Crippen LogP contribution >= 0.6 is 0 Å². The van der Waals surface area contributed by atoms with E-state index in [1.807, 2.05) is 26.8 Å². The number of hydrogen-bond donors (Lipinski definition) is 1. The van der Waals surface area contributed by atoms with E-state index in [9.17, 15) is 13.2 Å². The van der Waals surface area contributed by atoms with Crippen molar-refractivity contribution in [1.29, 1.82) is 0 Å². The van der Waals surface area contributed by atoms with Gasteiger partial charge in [-0.05, 0) is 66.7 Å². The van der Waals surface area contributed by atoms with Gasteiger partial charge in [-0.25, -0.2) is 0 Å². The summed E-state index contributed by atoms with van der Waals surface area (Å²) in [6.45, 7) is 5.94. The standard InChI is InChI=1S/C18H26F3NO/c1-17(2,3)14-9-12(5-4-6-16(22)13-7-8-13)10-15(11-14)23-18(19,20)21/h9-11,13,16H,4-8,22H2,1-3H3/t16-/m0/s1. The molecule has 1 saturated carbocycles. The van der Waals surface area contributed by atoms with Gasteiger partial charge >= 0.3 is 6.36 Å². The molecule has 2 N–H and O–H groups in total. The first-order valence-corrected chi connectivity index (χ1v) is 8.20. The highest BCUT2D eigenvalue weighted by molar-refractivity contribution is 5.38. The average Bonchev–Trinajstić information content (AvgIpc) is 3.19. The minimum absolute atomic E-state index is 0.133. The topological polar surface area (TPSA) is 35.2 Å². The summed E-state index contributed by atoms with van der Waals surface area (Å²) < 4.78 is 41.7. The van der Waals surface area contributed by atoms with E-state index in [0.29, 0.717) is 5.92 Å². The van der Waals surface area contributed by atoms with Crippen LogP contribution in [0.3, 0.4) is 0 Å². The highest BCUT2D eigenvalue weighted by atomic mass is 19.4. The van der Waals surface area contributed by atoms with Crippen molar-refractivity contribution in [2.75, 3.05) is 0 Å². The molecule has 130 valence electrons. The predicted octanol–water partition coefficient (Wildman–Crippen LogP) is 4.94. The van der Waals surface area contributed by atoms with Gasteiger partial charge in [-0.3, -0.25) is 0 Å². The zero-order valence-corrected chi connectivity index (χ0v) is 14.0. The van der Waals surface area contributed by atoms with E-state index in [1.165, 1.54) is 25.0 Å². The van der Waals surface area contributed by atoms with Gasteiger partial charge in [0.2, 0.25) is 0 Å². The molecule has 1 aromatic rings. The third-order valence-corrected chi connectivity index (χ3v) is 4.30. The normalized spacial score (nSPS) is 17.2. The smallest absolute Gasteiger partial charge is 0.406 e. The maximum Gasteiger partial charge on any atom is 0.573 e. The molecule has 5 heteroatoms. The SMILES string of the molecule is CC(C)(C)c1cc(CCC[C@H](N)C2CC2)cc(OC(F)(F)F)c1. The third-order valence-electron chi connectivity index (χ3n) is 4.30. The predicted molar refractivity (Wildman–Crippen MR) is 85.5 cm³/mol. The zero-order valence-electron chi connectivity index (χ0n) is 14.0. The molecule has 0 saturated heterocycles. The third kappa shape index (κ3) is 6.05. The van der Waals surface area contributed by atoms with E-state index in [0.717, 1.165) is 30.4 Å². The summed E-state index contributed by atoms with van der Waals surface area (Å²) >= 11 is 0. The first-order chi connectivity index (χ1) is 10.5. The number of aryl methyl sites for hydroxylation is 1. The van der Waals surface area contributed by atoms with E-state index < -0.39 is 6.36 Å². The van der Waals surface area contributed by atoms with Crippen molar-refractivity contribution in [3.05, 3.63) is 29.3 Å². The lowest BCUT2D eigenvalue weighted by atomic mass is 9.85. The van der Waals surface area contributed by atoms with Gasteiger partial charge in [0.05, 0.1) is 0 Å². The van der Waals surface area contributed by atoms with Gasteiger partial charge in [0.15, 0.2) is 0 Å². The van der Waals surface area contributed by atoms with Gasteiger partial charge < -0.3 is 10.5 Å². The number of nitrogens with two attached hydrogens (primary N) is 1. The van der Waals surface area contributed by atoms with Gasteiger partial charge in [-0.2, -0.15) is 0 Å². The van der Waals surface area contributed by atoms with Crippen molar-refractivity contribution in [1.82, 2.24) is 0 Å². The minimum Gasteiger partial charge on any atom is -0.406 e. The molecule has 0 bridgehead atoms. The van der Waals surface area contributed by atoms with Crippen LogP contribution in [0.4, 0.5) is 13.2 Å². The molecule has 1 aliphatic rings. The van der Waals surface area contributed by atoms with Gasteiger partial charge in [0, 0.05) is 6.04 Å². The Morgan fingerprint density at radius 3 is 2.35 bits per heavy atom. The van der Waals surface area contributed by atoms with Gasteiger partial charge in [-0.15, -0.1) is 13.2 Å². The Morgan fingerprint density at radius 2 is 1.83 bits per heavy atom. The van der Waals surface area contributed by atoms with E-state index in [-0.39, 0.29) is 17.2 Å². The van der Waals surface area contributed by atoms with Crippen molar-refractivity contribution >= 4 is 0 Å². The fourth-order valence-corrected chi connectivity index (χ4v) is 2.73. The summed E-state index contributed by atoms with van der Waals surface area (Å²) in [5, 5.41) is 0. The van der Waals surface area contributed by atoms with E-state index in [1.54, 1.807) is 0 Å². The molecule has 1 aromatic carbocycles. The van der Waals surface area contributed by atoms with E-state index in [2.05, 4.69) is 4.74 Å². The molecule has 1 fully saturated rings. The summed E-state index contributed by atoms with van der Waals surface area (Å²) in [7, 11) is 0. The maximum atomic E-state index is 12.5. The maximum absolute atomic E-state index is 12.5. The second-order valence-corrected chi connectivity index (χ2v) is 7.56. The number of alkyl halides is 3. The van der Waals surface area contributed by atoms with Crippen molar-refractivity contribution in [2.24, 2.45) is 11.7 Å². The van der Waals surface area contributed by atoms with Crippen molar-refractivity contribution in [2.45, 2.75) is 70.7 Å². The number of hydrogen-bond acceptors (Lipinski definition) is 2. The van der Waals surface area contributed by atoms with Crippen LogP contribution in [-0.2, 0) is 11.8 Å². The second-order valence-electron chi connectivity index (χ2n) is 7.56. The lowest BCUT2D eigenvalue weighted by Crippen LogP contribution is -2.22. The number of ether oxygens (including phenoxy) is 1. The van der Waals surface area contributed by atoms with Gasteiger partial charge in [-0.1, -0.05) is 26.8 Å². The quantitative estimate of drug-likeness (QED) is 0.802. The number of benzene rings is 1. The van der Waals surface area contributed by atoms with Crippen LogP contribution in [0.15, 0.2) is 18.2 Å². The Kier molecular flexibility index (Phi) is 5.29. The molecule has 0 heterocycles. The van der Waals surface area contributed by atoms with E-state index in [4.69, 9.17) is 5.73 Å². The Labute approximate surface area is 136 Å². The van der Waals surface area contributed by atoms with Crippen molar-refractivity contribution in [3.8, 4) is 5.75 Å². The zero-order chi connectivity index (χ0) is 17.3. The summed E-state index contributed by atoms with van der Waals surface area (Å²) in [5.74, 6) is 0.520. The monoisotopic (exact) mass is 329 g/mol. The molecule has 0 aromatic heterocycles. The highest BCUT2D eigenvalue weighted by Gasteiger charge is 2.32. The fraction of sp³-hybridized carbons (Fsp3) is 0.667. The molecule has 1 atom stereocenters. The lowest BCUT2D eigenvalue weighted by molar-refractivity contribution is -0.274. The van der Waals surface area contributed by atoms with E-state index >= 15 is 0 Å². The van der Waals surface area contributed by atoms with Crippen LogP contribution in [0.2, 0.25) is 0 Å². The molecule has 2 rings (SSSR count). The molecule has 2 nitrogen and oxygen atoms in total. The fourth-order valence-electron chi connectivity index (χ4n) is 2.73. The summed E-state index contributed by atoms with van der Waals surface area (Å²) in [6, 6.07) is 5.18. The Hall–Kier alpha value is -1.23. The largest absolute Gasteiger partial charge is 0.573 e. The summed E-state index contributed by atoms with van der Waals surface area (Å²) in [6.07, 6.45) is 0.283. The average molecular weight is 329 g/mol. The van der Waals surface area contributed by atoms with Crippen LogP contribution in [0, 0.1) is 5.92 Å². The van der Waals surface area contributed by atoms with Crippen molar-refractivity contribution in [3.63, 3.8) is 0 Å². The Bertz CT molecular complexity index is 530. The van der Waals surface area contributed by atoms with Crippen molar-refractivity contribution < 1.29 is 17.9 Å². The summed E-state index contributed by atoms with van der Waals surface area (Å²) in [5.41, 5.74) is 7.57. The van der Waals surface area contributed by atoms with Crippen LogP contribution < -0.4 is 10.5 Å². The van der Waals surface area contributed by atoms with Crippen LogP contribution in [0.25, 0.3) is 0 Å². The molecular formula is C18H26F3NO. The summed E-state index contributed by atoms with van der Waals surface area (Å²) in [4.78, 5) is 0. The molecule has 0 unspecified atom stereocenters. The van der Waals surface area contributed by atoms with Gasteiger partial charge in [0.1, 0.15) is 5.75 Å². The first kappa shape index (κ1) is 18.1. The molecule has 23 heavy (non-hydrogen) atoms. The molecule has 1 aliphatic carbocycles. The lowest BCUT2D eigenvalue weighted by Gasteiger charge is -2.22. The number of rotatable bonds is 6. The first-order valence-electron chi connectivity index (χ1n) is 8.20. The molecule has 0 aliphatic heterocycles. The Balaban J connectivity index is 2.08. The Morgan fingerprint density at radius 1 is 1.17 bits per heavy atom. The van der Waals surface area contributed by atoms with Gasteiger partial charge in [0.25, 0.3) is 0 Å². The van der Waals surface area contributed by atoms with Crippen LogP contribution in [-0.4, -0.2) is 12.4 Å². The van der Waals surface area contributed by atoms with Crippen LogP contribution in [0.1, 0.15) is 57.6 Å². The van der Waals surface area contributed by atoms with Crippen LogP contribution in [0.5, 0.6) is 5.75 Å². The molecular weight excluding hydrogens is 303 g/mol.